The van der Waals surface area contributed by atoms with E-state index in [1.165, 1.54) is 43.1 Å². The quantitative estimate of drug-likeness (QED) is 0.177. The lowest BCUT2D eigenvalue weighted by atomic mass is 9.89. The molecule has 0 spiro atoms. The smallest absolute Gasteiger partial charge is 0.137 e. The molecule has 0 aliphatic carbocycles. The van der Waals surface area contributed by atoms with Gasteiger partial charge < -0.3 is 8.98 Å². The SMILES string of the molecule is c1ccc(-c2nc3ccccc3nc2-c2cc3c4c5ccccc5ccc4c4cccc5c4c3c(c2)n5-c2ccc3c(c2)oc2ccccc23)cc1. The second-order valence-electron chi connectivity index (χ2n) is 13.7. The number of aromatic nitrogens is 3. The van der Waals surface area contributed by atoms with Crippen molar-refractivity contribution in [3.05, 3.63) is 164 Å². The van der Waals surface area contributed by atoms with Crippen molar-refractivity contribution in [3.8, 4) is 28.2 Å². The lowest BCUT2D eigenvalue weighted by Gasteiger charge is -2.15. The number of nitrogens with zero attached hydrogens (tertiary/aromatic N) is 3. The van der Waals surface area contributed by atoms with Crippen molar-refractivity contribution in [1.29, 1.82) is 0 Å². The minimum atomic E-state index is 0.861. The van der Waals surface area contributed by atoms with Crippen LogP contribution in [0.2, 0.25) is 0 Å². The Morgan fingerprint density at radius 3 is 1.90 bits per heavy atom. The number of benzene rings is 9. The van der Waals surface area contributed by atoms with Gasteiger partial charge in [-0.1, -0.05) is 109 Å². The van der Waals surface area contributed by atoms with Gasteiger partial charge in [0.05, 0.1) is 33.5 Å². The normalized spacial score (nSPS) is 12.2. The Balaban J connectivity index is 1.28. The summed E-state index contributed by atoms with van der Waals surface area (Å²) in [5, 5.41) is 12.2. The summed E-state index contributed by atoms with van der Waals surface area (Å²) in [6.45, 7) is 0. The highest BCUT2D eigenvalue weighted by Crippen LogP contribution is 2.48. The van der Waals surface area contributed by atoms with E-state index >= 15 is 0 Å². The third kappa shape index (κ3) is 3.75. The number of fused-ring (bicyclic) bond motifs is 9. The molecule has 0 N–H and O–H groups in total. The van der Waals surface area contributed by atoms with Crippen molar-refractivity contribution in [2.24, 2.45) is 0 Å². The molecule has 3 heterocycles. The van der Waals surface area contributed by atoms with Crippen molar-refractivity contribution < 1.29 is 4.42 Å². The fourth-order valence-corrected chi connectivity index (χ4v) is 8.66. The summed E-state index contributed by atoms with van der Waals surface area (Å²) in [6, 6.07) is 58.2. The average molecular weight is 662 g/mol. The van der Waals surface area contributed by atoms with E-state index in [0.717, 1.165) is 72.2 Å². The van der Waals surface area contributed by atoms with Gasteiger partial charge >= 0.3 is 0 Å². The molecule has 9 aromatic carbocycles. The minimum absolute atomic E-state index is 0.861. The first kappa shape index (κ1) is 27.7. The molecule has 52 heavy (non-hydrogen) atoms. The zero-order chi connectivity index (χ0) is 33.9. The molecule has 240 valence electrons. The molecular weight excluding hydrogens is 635 g/mol. The second kappa shape index (κ2) is 10.3. The summed E-state index contributed by atoms with van der Waals surface area (Å²) in [7, 11) is 0. The molecule has 0 radical (unpaired) electrons. The van der Waals surface area contributed by atoms with Crippen LogP contribution in [0.25, 0.3) is 115 Å². The van der Waals surface area contributed by atoms with Gasteiger partial charge in [-0.2, -0.15) is 0 Å². The lowest BCUT2D eigenvalue weighted by molar-refractivity contribution is 0.668. The van der Waals surface area contributed by atoms with Crippen molar-refractivity contribution in [2.75, 3.05) is 0 Å². The van der Waals surface area contributed by atoms with Gasteiger partial charge in [0.15, 0.2) is 0 Å². The molecule has 3 aromatic heterocycles. The molecule has 0 unspecified atom stereocenters. The van der Waals surface area contributed by atoms with E-state index in [4.69, 9.17) is 14.4 Å². The van der Waals surface area contributed by atoms with Crippen LogP contribution >= 0.6 is 0 Å². The zero-order valence-corrected chi connectivity index (χ0v) is 27.8. The number of hydrogen-bond acceptors (Lipinski definition) is 3. The van der Waals surface area contributed by atoms with E-state index in [-0.39, 0.29) is 0 Å². The largest absolute Gasteiger partial charge is 0.456 e. The van der Waals surface area contributed by atoms with E-state index in [1.54, 1.807) is 0 Å². The van der Waals surface area contributed by atoms with E-state index in [9.17, 15) is 0 Å². The van der Waals surface area contributed by atoms with E-state index in [2.05, 4.69) is 132 Å². The first-order valence-corrected chi connectivity index (χ1v) is 17.7. The topological polar surface area (TPSA) is 43.9 Å². The van der Waals surface area contributed by atoms with Crippen molar-refractivity contribution >= 4 is 87.1 Å². The second-order valence-corrected chi connectivity index (χ2v) is 13.7. The first-order valence-electron chi connectivity index (χ1n) is 17.7. The maximum absolute atomic E-state index is 6.44. The lowest BCUT2D eigenvalue weighted by Crippen LogP contribution is -1.97. The van der Waals surface area contributed by atoms with Crippen LogP contribution in [-0.4, -0.2) is 14.5 Å². The Morgan fingerprint density at radius 2 is 1.04 bits per heavy atom. The van der Waals surface area contributed by atoms with Crippen LogP contribution in [-0.2, 0) is 0 Å². The van der Waals surface area contributed by atoms with Crippen LogP contribution in [0.5, 0.6) is 0 Å². The average Bonchev–Trinajstić information content (AvgIpc) is 3.75. The number of furan rings is 1. The molecule has 12 rings (SSSR count). The highest BCUT2D eigenvalue weighted by Gasteiger charge is 2.24. The Labute approximate surface area is 297 Å². The Bertz CT molecular complexity index is 3410. The molecular formula is C48H27N3O. The highest BCUT2D eigenvalue weighted by molar-refractivity contribution is 6.38. The van der Waals surface area contributed by atoms with Gasteiger partial charge in [0.25, 0.3) is 0 Å². The summed E-state index contributed by atoms with van der Waals surface area (Å²) in [6.07, 6.45) is 0. The van der Waals surface area contributed by atoms with Gasteiger partial charge in [0.1, 0.15) is 11.2 Å². The maximum atomic E-state index is 6.44. The summed E-state index contributed by atoms with van der Waals surface area (Å²) in [4.78, 5) is 10.6. The third-order valence-electron chi connectivity index (χ3n) is 10.9. The predicted octanol–water partition coefficient (Wildman–Crippen LogP) is 12.9. The fourth-order valence-electron chi connectivity index (χ4n) is 8.66. The van der Waals surface area contributed by atoms with Crippen molar-refractivity contribution in [3.63, 3.8) is 0 Å². The molecule has 0 amide bonds. The molecule has 12 aromatic rings. The van der Waals surface area contributed by atoms with E-state index in [0.29, 0.717) is 0 Å². The van der Waals surface area contributed by atoms with Crippen molar-refractivity contribution in [2.45, 2.75) is 0 Å². The van der Waals surface area contributed by atoms with Gasteiger partial charge in [-0.25, -0.2) is 9.97 Å². The molecule has 0 saturated carbocycles. The molecule has 0 saturated heterocycles. The summed E-state index contributed by atoms with van der Waals surface area (Å²) in [5.41, 5.74) is 10.6. The van der Waals surface area contributed by atoms with Gasteiger partial charge in [0.2, 0.25) is 0 Å². The highest BCUT2D eigenvalue weighted by atomic mass is 16.3. The van der Waals surface area contributed by atoms with Crippen LogP contribution < -0.4 is 0 Å². The number of rotatable bonds is 3. The standard InChI is InChI=1S/C48H27N3O/c1-2-12-29(13-3-1)47-48(50-39-18-8-7-17-38(39)49-47)30-25-37-44-32-14-5-4-11-28(32)21-23-36(44)35-16-10-19-40-45(35)46(37)41(26-30)51(40)31-22-24-34-33-15-6-9-20-42(33)52-43(34)27-31/h1-27H. The Morgan fingerprint density at radius 1 is 0.385 bits per heavy atom. The van der Waals surface area contributed by atoms with Crippen molar-refractivity contribution in [1.82, 2.24) is 14.5 Å². The first-order chi connectivity index (χ1) is 25.8. The van der Waals surface area contributed by atoms with Crippen LogP contribution in [0.1, 0.15) is 0 Å². The molecule has 0 aliphatic rings. The van der Waals surface area contributed by atoms with Crippen LogP contribution in [0.3, 0.4) is 0 Å². The monoisotopic (exact) mass is 661 g/mol. The zero-order valence-electron chi connectivity index (χ0n) is 27.8. The van der Waals surface area contributed by atoms with Gasteiger partial charge in [0, 0.05) is 44.4 Å². The predicted molar refractivity (Wildman–Crippen MR) is 216 cm³/mol. The molecule has 0 aliphatic heterocycles. The maximum Gasteiger partial charge on any atom is 0.137 e. The van der Waals surface area contributed by atoms with Crippen LogP contribution in [0.4, 0.5) is 0 Å². The number of hydrogen-bond donors (Lipinski definition) is 0. The van der Waals surface area contributed by atoms with E-state index < -0.39 is 0 Å². The summed E-state index contributed by atoms with van der Waals surface area (Å²) >= 11 is 0. The van der Waals surface area contributed by atoms with Gasteiger partial charge in [-0.15, -0.1) is 0 Å². The van der Waals surface area contributed by atoms with E-state index in [1.807, 2.05) is 36.4 Å². The van der Waals surface area contributed by atoms with Gasteiger partial charge in [-0.05, 0) is 80.8 Å². The fraction of sp³-hybridized carbons (Fsp3) is 0. The molecule has 0 fully saturated rings. The molecule has 4 nitrogen and oxygen atoms in total. The summed E-state index contributed by atoms with van der Waals surface area (Å²) < 4.78 is 8.86. The number of para-hydroxylation sites is 3. The Hall–Kier alpha value is -7.04. The minimum Gasteiger partial charge on any atom is -0.456 e. The van der Waals surface area contributed by atoms with Gasteiger partial charge in [-0.3, -0.25) is 0 Å². The third-order valence-corrected chi connectivity index (χ3v) is 10.9. The summed E-state index contributed by atoms with van der Waals surface area (Å²) in [5.74, 6) is 0. The van der Waals surface area contributed by atoms with Crippen LogP contribution in [0, 0.1) is 0 Å². The Kier molecular flexibility index (Phi) is 5.47. The van der Waals surface area contributed by atoms with Crippen LogP contribution in [0.15, 0.2) is 168 Å². The molecule has 0 atom stereocenters. The molecule has 4 heteroatoms. The molecule has 0 bridgehead atoms.